The topological polar surface area (TPSA) is 42.0 Å². The minimum absolute atomic E-state index is 0.132. The lowest BCUT2D eigenvalue weighted by molar-refractivity contribution is 0.0935. The molecule has 3 nitrogen and oxygen atoms in total. The number of aromatic nitrogens is 1. The normalized spacial score (nSPS) is 12.0. The van der Waals surface area contributed by atoms with Gasteiger partial charge >= 0.3 is 0 Å². The average Bonchev–Trinajstić information content (AvgIpc) is 2.42. The van der Waals surface area contributed by atoms with Gasteiger partial charge in [-0.25, -0.2) is 9.37 Å². The van der Waals surface area contributed by atoms with E-state index in [-0.39, 0.29) is 11.4 Å². The fourth-order valence-electron chi connectivity index (χ4n) is 1.79. The standard InChI is InChI=1S/C15H14F2N2O/c1-9-5-6-11(8-13(9)16)10(2)19-15(20)12-4-3-7-18-14(12)17/h3-8,10H,1-2H3,(H,19,20). The molecule has 5 heteroatoms. The summed E-state index contributed by atoms with van der Waals surface area (Å²) in [5.74, 6) is -1.74. The van der Waals surface area contributed by atoms with E-state index in [2.05, 4.69) is 10.3 Å². The molecule has 1 N–H and O–H groups in total. The van der Waals surface area contributed by atoms with Crippen molar-refractivity contribution in [2.24, 2.45) is 0 Å². The maximum absolute atomic E-state index is 13.5. The molecule has 20 heavy (non-hydrogen) atoms. The Hall–Kier alpha value is -2.30. The molecule has 1 aromatic heterocycles. The summed E-state index contributed by atoms with van der Waals surface area (Å²) in [6.45, 7) is 3.36. The third-order valence-electron chi connectivity index (χ3n) is 3.05. The number of nitrogens with zero attached hydrogens (tertiary/aromatic N) is 1. The monoisotopic (exact) mass is 276 g/mol. The molecule has 0 aliphatic heterocycles. The maximum Gasteiger partial charge on any atom is 0.256 e. The van der Waals surface area contributed by atoms with Gasteiger partial charge in [0, 0.05) is 6.20 Å². The van der Waals surface area contributed by atoms with Gasteiger partial charge in [0.15, 0.2) is 0 Å². The van der Waals surface area contributed by atoms with Crippen LogP contribution in [0, 0.1) is 18.7 Å². The van der Waals surface area contributed by atoms with Crippen LogP contribution in [-0.4, -0.2) is 10.9 Å². The molecule has 0 aliphatic carbocycles. The Kier molecular flexibility index (Phi) is 4.08. The van der Waals surface area contributed by atoms with Crippen molar-refractivity contribution in [3.8, 4) is 0 Å². The Bertz CT molecular complexity index is 644. The number of rotatable bonds is 3. The highest BCUT2D eigenvalue weighted by atomic mass is 19.1. The number of amides is 1. The van der Waals surface area contributed by atoms with Crippen molar-refractivity contribution in [2.45, 2.75) is 19.9 Å². The lowest BCUT2D eigenvalue weighted by Crippen LogP contribution is -2.27. The Morgan fingerprint density at radius 2 is 2.05 bits per heavy atom. The first-order valence-electron chi connectivity index (χ1n) is 6.16. The molecule has 0 radical (unpaired) electrons. The summed E-state index contributed by atoms with van der Waals surface area (Å²) in [7, 11) is 0. The Morgan fingerprint density at radius 1 is 1.30 bits per heavy atom. The lowest BCUT2D eigenvalue weighted by Gasteiger charge is -2.15. The van der Waals surface area contributed by atoms with Crippen LogP contribution in [0.2, 0.25) is 0 Å². The molecule has 0 saturated carbocycles. The smallest absolute Gasteiger partial charge is 0.256 e. The summed E-state index contributed by atoms with van der Waals surface area (Å²) < 4.78 is 26.9. The van der Waals surface area contributed by atoms with Crippen molar-refractivity contribution >= 4 is 5.91 Å². The third-order valence-corrected chi connectivity index (χ3v) is 3.05. The van der Waals surface area contributed by atoms with Gasteiger partial charge in [-0.2, -0.15) is 4.39 Å². The molecule has 0 aliphatic rings. The molecule has 2 aromatic rings. The predicted molar refractivity (Wildman–Crippen MR) is 71.2 cm³/mol. The van der Waals surface area contributed by atoms with Crippen LogP contribution < -0.4 is 5.32 Å². The molecular weight excluding hydrogens is 262 g/mol. The second kappa shape index (κ2) is 5.77. The maximum atomic E-state index is 13.5. The molecule has 1 atom stereocenters. The van der Waals surface area contributed by atoms with Crippen molar-refractivity contribution in [3.63, 3.8) is 0 Å². The summed E-state index contributed by atoms with van der Waals surface area (Å²) in [4.78, 5) is 15.3. The molecule has 1 amide bonds. The van der Waals surface area contributed by atoms with Crippen molar-refractivity contribution in [2.75, 3.05) is 0 Å². The van der Waals surface area contributed by atoms with Crippen LogP contribution in [0.4, 0.5) is 8.78 Å². The fourth-order valence-corrected chi connectivity index (χ4v) is 1.79. The predicted octanol–water partition coefficient (Wildman–Crippen LogP) is 3.16. The molecule has 0 saturated heterocycles. The van der Waals surface area contributed by atoms with Crippen molar-refractivity contribution < 1.29 is 13.6 Å². The Morgan fingerprint density at radius 3 is 2.70 bits per heavy atom. The molecule has 104 valence electrons. The van der Waals surface area contributed by atoms with Crippen LogP contribution >= 0.6 is 0 Å². The highest BCUT2D eigenvalue weighted by Crippen LogP contribution is 2.17. The largest absolute Gasteiger partial charge is 0.345 e. The quantitative estimate of drug-likeness (QED) is 0.875. The Labute approximate surface area is 115 Å². The van der Waals surface area contributed by atoms with E-state index in [9.17, 15) is 13.6 Å². The SMILES string of the molecule is Cc1ccc(C(C)NC(=O)c2cccnc2F)cc1F. The van der Waals surface area contributed by atoms with Crippen LogP contribution in [0.1, 0.15) is 34.5 Å². The summed E-state index contributed by atoms with van der Waals surface area (Å²) >= 11 is 0. The highest BCUT2D eigenvalue weighted by molar-refractivity contribution is 5.94. The molecule has 0 bridgehead atoms. The summed E-state index contributed by atoms with van der Waals surface area (Å²) in [5.41, 5.74) is 1.02. The van der Waals surface area contributed by atoms with E-state index in [1.54, 1.807) is 26.0 Å². The van der Waals surface area contributed by atoms with Crippen molar-refractivity contribution in [1.29, 1.82) is 0 Å². The van der Waals surface area contributed by atoms with Crippen molar-refractivity contribution in [1.82, 2.24) is 10.3 Å². The van der Waals surface area contributed by atoms with Gasteiger partial charge in [-0.05, 0) is 43.2 Å². The van der Waals surface area contributed by atoms with Gasteiger partial charge in [-0.3, -0.25) is 4.79 Å². The zero-order valence-electron chi connectivity index (χ0n) is 11.2. The van der Waals surface area contributed by atoms with Crippen LogP contribution in [0.15, 0.2) is 36.5 Å². The minimum Gasteiger partial charge on any atom is -0.345 e. The number of carbonyl (C=O) groups is 1. The number of carbonyl (C=O) groups excluding carboxylic acids is 1. The first kappa shape index (κ1) is 14.1. The van der Waals surface area contributed by atoms with Gasteiger partial charge in [0.25, 0.3) is 5.91 Å². The number of aryl methyl sites for hydroxylation is 1. The Balaban J connectivity index is 2.15. The van der Waals surface area contributed by atoms with E-state index in [0.29, 0.717) is 11.1 Å². The van der Waals surface area contributed by atoms with E-state index in [1.807, 2.05) is 0 Å². The van der Waals surface area contributed by atoms with Gasteiger partial charge in [0.1, 0.15) is 5.82 Å². The number of nitrogens with one attached hydrogen (secondary N) is 1. The van der Waals surface area contributed by atoms with E-state index < -0.39 is 17.9 Å². The lowest BCUT2D eigenvalue weighted by atomic mass is 10.1. The number of halogens is 2. The summed E-state index contributed by atoms with van der Waals surface area (Å²) in [6.07, 6.45) is 1.27. The van der Waals surface area contributed by atoms with Crippen LogP contribution in [-0.2, 0) is 0 Å². The van der Waals surface area contributed by atoms with E-state index in [0.717, 1.165) is 0 Å². The zero-order valence-corrected chi connectivity index (χ0v) is 11.2. The second-order valence-corrected chi connectivity index (χ2v) is 4.55. The van der Waals surface area contributed by atoms with E-state index in [4.69, 9.17) is 0 Å². The zero-order chi connectivity index (χ0) is 14.7. The van der Waals surface area contributed by atoms with Gasteiger partial charge in [-0.1, -0.05) is 12.1 Å². The number of pyridine rings is 1. The van der Waals surface area contributed by atoms with Gasteiger partial charge in [-0.15, -0.1) is 0 Å². The number of hydrogen-bond acceptors (Lipinski definition) is 2. The minimum atomic E-state index is -0.827. The highest BCUT2D eigenvalue weighted by Gasteiger charge is 2.16. The molecule has 1 heterocycles. The number of benzene rings is 1. The molecule has 1 unspecified atom stereocenters. The summed E-state index contributed by atoms with van der Waals surface area (Å²) in [5, 5.41) is 2.61. The molecule has 1 aromatic carbocycles. The molecule has 0 spiro atoms. The first-order valence-corrected chi connectivity index (χ1v) is 6.16. The van der Waals surface area contributed by atoms with Gasteiger partial charge in [0.2, 0.25) is 5.95 Å². The first-order chi connectivity index (χ1) is 9.49. The van der Waals surface area contributed by atoms with Crippen LogP contribution in [0.5, 0.6) is 0 Å². The molecule has 2 rings (SSSR count). The van der Waals surface area contributed by atoms with Crippen LogP contribution in [0.3, 0.4) is 0 Å². The number of hydrogen-bond donors (Lipinski definition) is 1. The van der Waals surface area contributed by atoms with Gasteiger partial charge in [0.05, 0.1) is 11.6 Å². The van der Waals surface area contributed by atoms with E-state index >= 15 is 0 Å². The second-order valence-electron chi connectivity index (χ2n) is 4.55. The van der Waals surface area contributed by atoms with E-state index in [1.165, 1.54) is 24.4 Å². The third kappa shape index (κ3) is 2.99. The van der Waals surface area contributed by atoms with Crippen molar-refractivity contribution in [3.05, 3.63) is 65.0 Å². The molecular formula is C15H14F2N2O. The average molecular weight is 276 g/mol. The summed E-state index contributed by atoms with van der Waals surface area (Å²) in [6, 6.07) is 7.12. The van der Waals surface area contributed by atoms with Gasteiger partial charge < -0.3 is 5.32 Å². The fraction of sp³-hybridized carbons (Fsp3) is 0.200. The van der Waals surface area contributed by atoms with Crippen LogP contribution in [0.25, 0.3) is 0 Å². The molecule has 0 fully saturated rings.